The molecule has 2 heterocycles. The molecule has 0 fully saturated rings. The summed E-state index contributed by atoms with van der Waals surface area (Å²) in [5.41, 5.74) is 0.103. The van der Waals surface area contributed by atoms with Crippen LogP contribution in [0.2, 0.25) is 0 Å². The van der Waals surface area contributed by atoms with Crippen molar-refractivity contribution in [3.63, 3.8) is 0 Å². The van der Waals surface area contributed by atoms with E-state index in [0.717, 1.165) is 12.8 Å². The fourth-order valence-corrected chi connectivity index (χ4v) is 2.50. The zero-order chi connectivity index (χ0) is 14.4. The minimum absolute atomic E-state index is 0.179. The van der Waals surface area contributed by atoms with Crippen molar-refractivity contribution in [1.29, 1.82) is 0 Å². The van der Waals surface area contributed by atoms with E-state index in [2.05, 4.69) is 10.4 Å². The Morgan fingerprint density at radius 2 is 2.25 bits per heavy atom. The van der Waals surface area contributed by atoms with E-state index < -0.39 is 0 Å². The number of carbonyl (C=O) groups excluding carboxylic acids is 1. The Bertz CT molecular complexity index is 620. The Morgan fingerprint density at radius 3 is 2.95 bits per heavy atom. The third kappa shape index (κ3) is 3.77. The molecule has 0 unspecified atom stereocenters. The summed E-state index contributed by atoms with van der Waals surface area (Å²) >= 11 is 1.67. The van der Waals surface area contributed by atoms with Gasteiger partial charge in [0.05, 0.1) is 0 Å². The number of amides is 1. The molecule has 0 aliphatic heterocycles. The molecule has 2 aromatic rings. The van der Waals surface area contributed by atoms with Gasteiger partial charge >= 0.3 is 0 Å². The summed E-state index contributed by atoms with van der Waals surface area (Å²) in [6.45, 7) is 3.05. The van der Waals surface area contributed by atoms with Crippen molar-refractivity contribution in [3.8, 4) is 0 Å². The van der Waals surface area contributed by atoms with Crippen molar-refractivity contribution in [2.24, 2.45) is 0 Å². The van der Waals surface area contributed by atoms with E-state index in [9.17, 15) is 9.59 Å². The van der Waals surface area contributed by atoms with Crippen LogP contribution in [0, 0.1) is 0 Å². The minimum atomic E-state index is -0.244. The zero-order valence-corrected chi connectivity index (χ0v) is 12.2. The molecular formula is C14H17N3O2S. The van der Waals surface area contributed by atoms with E-state index in [0.29, 0.717) is 13.1 Å². The number of rotatable bonds is 6. The van der Waals surface area contributed by atoms with E-state index in [1.807, 2.05) is 24.4 Å². The molecule has 1 N–H and O–H groups in total. The number of nitrogens with zero attached hydrogens (tertiary/aromatic N) is 2. The van der Waals surface area contributed by atoms with E-state index >= 15 is 0 Å². The normalized spacial score (nSPS) is 10.4. The van der Waals surface area contributed by atoms with E-state index in [-0.39, 0.29) is 17.2 Å². The Labute approximate surface area is 121 Å². The summed E-state index contributed by atoms with van der Waals surface area (Å²) in [4.78, 5) is 24.7. The number of carbonyl (C=O) groups is 1. The molecule has 1 amide bonds. The average molecular weight is 291 g/mol. The van der Waals surface area contributed by atoms with Crippen molar-refractivity contribution in [2.45, 2.75) is 26.3 Å². The first-order chi connectivity index (χ1) is 9.70. The molecule has 0 aromatic carbocycles. The van der Waals surface area contributed by atoms with Crippen LogP contribution in [0.1, 0.15) is 28.7 Å². The fraction of sp³-hybridized carbons (Fsp3) is 0.357. The first-order valence-electron chi connectivity index (χ1n) is 6.59. The van der Waals surface area contributed by atoms with Crippen LogP contribution >= 0.6 is 11.3 Å². The molecule has 6 heteroatoms. The maximum absolute atomic E-state index is 12.0. The highest BCUT2D eigenvalue weighted by Crippen LogP contribution is 2.08. The Morgan fingerprint density at radius 1 is 1.40 bits per heavy atom. The number of thiophene rings is 1. The van der Waals surface area contributed by atoms with E-state index in [1.54, 1.807) is 11.3 Å². The van der Waals surface area contributed by atoms with Crippen LogP contribution in [0.3, 0.4) is 0 Å². The van der Waals surface area contributed by atoms with Crippen LogP contribution in [0.25, 0.3) is 0 Å². The van der Waals surface area contributed by atoms with Gasteiger partial charge in [0.25, 0.3) is 11.5 Å². The third-order valence-corrected chi connectivity index (χ3v) is 3.71. The van der Waals surface area contributed by atoms with Crippen molar-refractivity contribution in [3.05, 3.63) is 50.6 Å². The van der Waals surface area contributed by atoms with Crippen LogP contribution in [0.15, 0.2) is 34.4 Å². The lowest BCUT2D eigenvalue weighted by Crippen LogP contribution is -2.30. The smallest absolute Gasteiger partial charge is 0.271 e. The number of aromatic nitrogens is 2. The second-order valence-corrected chi connectivity index (χ2v) is 5.40. The van der Waals surface area contributed by atoms with Crippen molar-refractivity contribution in [2.75, 3.05) is 6.54 Å². The van der Waals surface area contributed by atoms with Crippen LogP contribution in [0.4, 0.5) is 0 Å². The predicted octanol–water partition coefficient (Wildman–Crippen LogP) is 1.69. The predicted molar refractivity (Wildman–Crippen MR) is 79.1 cm³/mol. The lowest BCUT2D eigenvalue weighted by Gasteiger charge is -2.06. The number of hydrogen-bond donors (Lipinski definition) is 1. The van der Waals surface area contributed by atoms with Gasteiger partial charge in [0, 0.05) is 24.0 Å². The molecule has 106 valence electrons. The van der Waals surface area contributed by atoms with Gasteiger partial charge < -0.3 is 5.32 Å². The van der Waals surface area contributed by atoms with Crippen LogP contribution in [0.5, 0.6) is 0 Å². The van der Waals surface area contributed by atoms with Crippen molar-refractivity contribution < 1.29 is 4.79 Å². The van der Waals surface area contributed by atoms with Gasteiger partial charge in [0.1, 0.15) is 5.69 Å². The maximum Gasteiger partial charge on any atom is 0.271 e. The minimum Gasteiger partial charge on any atom is -0.350 e. The van der Waals surface area contributed by atoms with Crippen molar-refractivity contribution >= 4 is 17.2 Å². The average Bonchev–Trinajstić information content (AvgIpc) is 2.94. The van der Waals surface area contributed by atoms with Gasteiger partial charge in [-0.2, -0.15) is 5.10 Å². The van der Waals surface area contributed by atoms with Gasteiger partial charge in [-0.3, -0.25) is 9.59 Å². The number of hydrogen-bond acceptors (Lipinski definition) is 4. The van der Waals surface area contributed by atoms with E-state index in [4.69, 9.17) is 0 Å². The molecule has 0 aliphatic rings. The first-order valence-corrected chi connectivity index (χ1v) is 7.47. The summed E-state index contributed by atoms with van der Waals surface area (Å²) in [5, 5.41) is 8.90. The molecule has 0 atom stereocenters. The largest absolute Gasteiger partial charge is 0.350 e. The highest BCUT2D eigenvalue weighted by Gasteiger charge is 2.08. The van der Waals surface area contributed by atoms with Gasteiger partial charge in [-0.05, 0) is 30.4 Å². The van der Waals surface area contributed by atoms with Gasteiger partial charge in [0.2, 0.25) is 0 Å². The quantitative estimate of drug-likeness (QED) is 0.881. The summed E-state index contributed by atoms with van der Waals surface area (Å²) in [6.07, 6.45) is 1.61. The lowest BCUT2D eigenvalue weighted by atomic mass is 10.3. The second-order valence-electron chi connectivity index (χ2n) is 4.37. The fourth-order valence-electron chi connectivity index (χ4n) is 1.79. The SMILES string of the molecule is CCCn1nc(C(=O)NCCc2cccs2)ccc1=O. The monoisotopic (exact) mass is 291 g/mol. The first kappa shape index (κ1) is 14.5. The summed E-state index contributed by atoms with van der Waals surface area (Å²) in [5.74, 6) is -0.244. The molecule has 20 heavy (non-hydrogen) atoms. The molecule has 2 aromatic heterocycles. The third-order valence-electron chi connectivity index (χ3n) is 2.77. The molecule has 0 bridgehead atoms. The molecule has 0 radical (unpaired) electrons. The lowest BCUT2D eigenvalue weighted by molar-refractivity contribution is 0.0946. The Kier molecular flexibility index (Phi) is 5.06. The summed E-state index contributed by atoms with van der Waals surface area (Å²) < 4.78 is 1.33. The second kappa shape index (κ2) is 7.00. The van der Waals surface area contributed by atoms with Crippen LogP contribution < -0.4 is 10.9 Å². The number of nitrogens with one attached hydrogen (secondary N) is 1. The van der Waals surface area contributed by atoms with E-state index in [1.165, 1.54) is 21.7 Å². The highest BCUT2D eigenvalue weighted by molar-refractivity contribution is 7.09. The van der Waals surface area contributed by atoms with Gasteiger partial charge in [-0.15, -0.1) is 11.3 Å². The Balaban J connectivity index is 1.95. The summed E-state index contributed by atoms with van der Waals surface area (Å²) in [6, 6.07) is 6.88. The van der Waals surface area contributed by atoms with Gasteiger partial charge in [-0.25, -0.2) is 4.68 Å². The maximum atomic E-state index is 12.0. The Hall–Kier alpha value is -1.95. The standard InChI is InChI=1S/C14H17N3O2S/c1-2-9-17-13(18)6-5-12(16-17)14(19)15-8-7-11-4-3-10-20-11/h3-6,10H,2,7-9H2,1H3,(H,15,19). The molecular weight excluding hydrogens is 274 g/mol. The van der Waals surface area contributed by atoms with Crippen LogP contribution in [-0.4, -0.2) is 22.2 Å². The van der Waals surface area contributed by atoms with Crippen LogP contribution in [-0.2, 0) is 13.0 Å². The molecule has 0 spiro atoms. The summed E-state index contributed by atoms with van der Waals surface area (Å²) in [7, 11) is 0. The zero-order valence-electron chi connectivity index (χ0n) is 11.3. The number of aryl methyl sites for hydroxylation is 1. The van der Waals surface area contributed by atoms with Gasteiger partial charge in [-0.1, -0.05) is 13.0 Å². The molecule has 0 aliphatic carbocycles. The topological polar surface area (TPSA) is 64.0 Å². The molecule has 0 saturated carbocycles. The molecule has 0 saturated heterocycles. The highest BCUT2D eigenvalue weighted by atomic mass is 32.1. The van der Waals surface area contributed by atoms with Crippen molar-refractivity contribution in [1.82, 2.24) is 15.1 Å². The van der Waals surface area contributed by atoms with Gasteiger partial charge in [0.15, 0.2) is 0 Å². The molecule has 5 nitrogen and oxygen atoms in total. The molecule has 2 rings (SSSR count).